The van der Waals surface area contributed by atoms with Crippen molar-refractivity contribution in [3.63, 3.8) is 0 Å². The van der Waals surface area contributed by atoms with E-state index in [1.165, 1.54) is 12.1 Å². The zero-order valence-electron chi connectivity index (χ0n) is 25.3. The molecule has 2 aliphatic rings. The fourth-order valence-electron chi connectivity index (χ4n) is 6.15. The summed E-state index contributed by atoms with van der Waals surface area (Å²) in [6, 6.07) is 33.3. The van der Waals surface area contributed by atoms with Gasteiger partial charge >= 0.3 is 0 Å². The summed E-state index contributed by atoms with van der Waals surface area (Å²) < 4.78 is 50.1. The Morgan fingerprint density at radius 2 is 1.14 bits per heavy atom. The highest BCUT2D eigenvalue weighted by atomic mass is 19.1. The Morgan fingerprint density at radius 3 is 1.64 bits per heavy atom. The first-order valence-electron chi connectivity index (χ1n) is 15.7. The molecule has 6 heteroatoms. The van der Waals surface area contributed by atoms with Gasteiger partial charge in [-0.1, -0.05) is 91.0 Å². The average Bonchev–Trinajstić information content (AvgIpc) is 3.90. The van der Waals surface area contributed by atoms with Crippen molar-refractivity contribution < 1.29 is 23.0 Å². The molecule has 1 aliphatic carbocycles. The molecule has 1 aliphatic heterocycles. The monoisotopic (exact) mass is 597 g/mol. The van der Waals surface area contributed by atoms with Gasteiger partial charge in [0.15, 0.2) is 0 Å². The summed E-state index contributed by atoms with van der Waals surface area (Å²) in [7, 11) is 0. The molecule has 1 saturated carbocycles. The number of piperidine rings is 1. The summed E-state index contributed by atoms with van der Waals surface area (Å²) in [6.07, 6.45) is 1.28. The molecule has 4 aromatic carbocycles. The van der Waals surface area contributed by atoms with E-state index in [0.29, 0.717) is 38.8 Å². The highest BCUT2D eigenvalue weighted by Crippen LogP contribution is 2.41. The molecule has 0 radical (unpaired) electrons. The van der Waals surface area contributed by atoms with Crippen molar-refractivity contribution in [2.45, 2.75) is 76.3 Å². The van der Waals surface area contributed by atoms with Crippen LogP contribution in [0.2, 0.25) is 0 Å². The fourth-order valence-corrected chi connectivity index (χ4v) is 6.15. The van der Waals surface area contributed by atoms with Gasteiger partial charge in [0.25, 0.3) is 0 Å². The molecule has 1 heterocycles. The second kappa shape index (κ2) is 14.6. The SMILES string of the molecule is C[C@@H]1[C@@H](OCc2ccccc2)[C@H](OCc2ccccc2)[C@@H](OCc2ccccc2)CN1CCc1c(F)cc(C2CC2)cc1F. The minimum atomic E-state index is -0.450. The first-order valence-corrected chi connectivity index (χ1v) is 15.7. The molecule has 230 valence electrons. The van der Waals surface area contributed by atoms with Gasteiger partial charge in [0, 0.05) is 24.7 Å². The van der Waals surface area contributed by atoms with E-state index in [1.807, 2.05) is 78.9 Å². The highest BCUT2D eigenvalue weighted by Gasteiger charge is 2.44. The molecule has 2 fully saturated rings. The Hall–Kier alpha value is -3.42. The van der Waals surface area contributed by atoms with Gasteiger partial charge in [0.1, 0.15) is 23.8 Å². The molecular weight excluding hydrogens is 556 g/mol. The molecule has 0 amide bonds. The van der Waals surface area contributed by atoms with Gasteiger partial charge in [0.2, 0.25) is 0 Å². The predicted octanol–water partition coefficient (Wildman–Crippen LogP) is 7.85. The van der Waals surface area contributed by atoms with E-state index in [0.717, 1.165) is 35.1 Å². The van der Waals surface area contributed by atoms with Crippen molar-refractivity contribution >= 4 is 0 Å². The minimum Gasteiger partial charge on any atom is -0.369 e. The molecule has 0 spiro atoms. The molecule has 4 nitrogen and oxygen atoms in total. The fraction of sp³-hybridized carbons (Fsp3) is 0.368. The van der Waals surface area contributed by atoms with Crippen LogP contribution in [0.25, 0.3) is 0 Å². The Bertz CT molecular complexity index is 1440. The highest BCUT2D eigenvalue weighted by molar-refractivity contribution is 5.31. The number of benzene rings is 4. The van der Waals surface area contributed by atoms with Crippen molar-refractivity contribution in [3.8, 4) is 0 Å². The van der Waals surface area contributed by atoms with Gasteiger partial charge in [0.05, 0.1) is 25.9 Å². The first kappa shape index (κ1) is 30.6. The lowest BCUT2D eigenvalue weighted by atomic mass is 9.93. The number of halogens is 2. The Labute approximate surface area is 259 Å². The predicted molar refractivity (Wildman–Crippen MR) is 168 cm³/mol. The molecule has 44 heavy (non-hydrogen) atoms. The van der Waals surface area contributed by atoms with Crippen molar-refractivity contribution in [1.29, 1.82) is 0 Å². The molecule has 0 unspecified atom stereocenters. The third-order valence-corrected chi connectivity index (χ3v) is 8.89. The van der Waals surface area contributed by atoms with Crippen LogP contribution in [0.15, 0.2) is 103 Å². The number of hydrogen-bond donors (Lipinski definition) is 0. The molecule has 0 bridgehead atoms. The molecule has 1 saturated heterocycles. The lowest BCUT2D eigenvalue weighted by molar-refractivity contribution is -0.200. The van der Waals surface area contributed by atoms with Crippen LogP contribution in [0, 0.1) is 11.6 Å². The van der Waals surface area contributed by atoms with Crippen molar-refractivity contribution in [2.24, 2.45) is 0 Å². The number of nitrogens with zero attached hydrogens (tertiary/aromatic N) is 1. The van der Waals surface area contributed by atoms with Crippen LogP contribution in [0.4, 0.5) is 8.78 Å². The second-order valence-corrected chi connectivity index (χ2v) is 12.1. The lowest BCUT2D eigenvalue weighted by Gasteiger charge is -2.47. The average molecular weight is 598 g/mol. The van der Waals surface area contributed by atoms with Crippen LogP contribution in [-0.4, -0.2) is 42.3 Å². The van der Waals surface area contributed by atoms with Gasteiger partial charge < -0.3 is 14.2 Å². The van der Waals surface area contributed by atoms with Crippen molar-refractivity contribution in [3.05, 3.63) is 143 Å². The second-order valence-electron chi connectivity index (χ2n) is 12.1. The lowest BCUT2D eigenvalue weighted by Crippen LogP contribution is -2.62. The van der Waals surface area contributed by atoms with Crippen LogP contribution in [0.1, 0.15) is 53.5 Å². The summed E-state index contributed by atoms with van der Waals surface area (Å²) in [6.45, 7) is 4.42. The normalized spacial score (nSPS) is 22.2. The number of rotatable bonds is 13. The summed E-state index contributed by atoms with van der Waals surface area (Å²) in [5.74, 6) is -0.600. The summed E-state index contributed by atoms with van der Waals surface area (Å²) in [5, 5.41) is 0. The van der Waals surface area contributed by atoms with E-state index in [1.54, 1.807) is 0 Å². The van der Waals surface area contributed by atoms with Crippen molar-refractivity contribution in [2.75, 3.05) is 13.1 Å². The van der Waals surface area contributed by atoms with E-state index in [4.69, 9.17) is 14.2 Å². The smallest absolute Gasteiger partial charge is 0.129 e. The van der Waals surface area contributed by atoms with Gasteiger partial charge in [-0.15, -0.1) is 0 Å². The quantitative estimate of drug-likeness (QED) is 0.157. The van der Waals surface area contributed by atoms with E-state index < -0.39 is 11.6 Å². The maximum atomic E-state index is 15.1. The van der Waals surface area contributed by atoms with Crippen molar-refractivity contribution in [1.82, 2.24) is 4.90 Å². The first-order chi connectivity index (χ1) is 21.5. The summed E-state index contributed by atoms with van der Waals surface area (Å²) in [5.41, 5.74) is 4.14. The van der Waals surface area contributed by atoms with Gasteiger partial charge in [-0.05, 0) is 66.5 Å². The molecule has 0 aromatic heterocycles. The summed E-state index contributed by atoms with van der Waals surface area (Å²) in [4.78, 5) is 2.24. The summed E-state index contributed by atoms with van der Waals surface area (Å²) >= 11 is 0. The molecule has 6 rings (SSSR count). The number of likely N-dealkylation sites (tertiary alicyclic amines) is 1. The maximum absolute atomic E-state index is 15.1. The number of ether oxygens (including phenoxy) is 3. The molecule has 4 atom stereocenters. The third-order valence-electron chi connectivity index (χ3n) is 8.89. The number of hydrogen-bond acceptors (Lipinski definition) is 4. The van der Waals surface area contributed by atoms with E-state index in [-0.39, 0.29) is 36.3 Å². The third kappa shape index (κ3) is 7.80. The topological polar surface area (TPSA) is 30.9 Å². The molecular formula is C38H41F2NO3. The van der Waals surface area contributed by atoms with Crippen LogP contribution in [0.3, 0.4) is 0 Å². The van der Waals surface area contributed by atoms with E-state index in [9.17, 15) is 0 Å². The van der Waals surface area contributed by atoms with Crippen LogP contribution >= 0.6 is 0 Å². The van der Waals surface area contributed by atoms with Gasteiger partial charge in [-0.2, -0.15) is 0 Å². The zero-order chi connectivity index (χ0) is 30.3. The minimum absolute atomic E-state index is 0.0760. The van der Waals surface area contributed by atoms with E-state index in [2.05, 4.69) is 24.0 Å². The van der Waals surface area contributed by atoms with Crippen LogP contribution < -0.4 is 0 Å². The largest absolute Gasteiger partial charge is 0.369 e. The van der Waals surface area contributed by atoms with Crippen LogP contribution in [0.5, 0.6) is 0 Å². The Kier molecular flexibility index (Phi) is 10.1. The standard InChI is InChI=1S/C38H41F2NO3/c1-27-37(43-25-29-13-7-3-8-14-29)38(44-26-30-15-9-4-10-16-30)36(42-24-28-11-5-2-6-12-28)23-41(27)20-19-33-34(39)21-32(22-35(33)40)31-17-18-31/h2-16,21-22,27,31,36-38H,17-20,23-26H2,1H3/t27-,36+,37-,38-/m1/s1. The molecule has 4 aromatic rings. The van der Waals surface area contributed by atoms with Crippen LogP contribution in [-0.2, 0) is 40.5 Å². The zero-order valence-corrected chi connectivity index (χ0v) is 25.3. The maximum Gasteiger partial charge on any atom is 0.129 e. The molecule has 0 N–H and O–H groups in total. The van der Waals surface area contributed by atoms with Gasteiger partial charge in [-0.25, -0.2) is 8.78 Å². The Morgan fingerprint density at radius 1 is 0.659 bits per heavy atom. The van der Waals surface area contributed by atoms with Gasteiger partial charge in [-0.3, -0.25) is 4.90 Å². The Balaban J connectivity index is 1.24. The van der Waals surface area contributed by atoms with E-state index >= 15 is 8.78 Å².